The number of carbonyl (C=O) groups excluding carboxylic acids is 1. The normalized spacial score (nSPS) is 10.7. The molecule has 3 rings (SSSR count). The molecule has 6 heteroatoms. The zero-order valence-electron chi connectivity index (χ0n) is 9.53. The first-order chi connectivity index (χ1) is 8.79. The molecule has 0 N–H and O–H groups in total. The lowest BCUT2D eigenvalue weighted by Gasteiger charge is -2.05. The fourth-order valence-corrected chi connectivity index (χ4v) is 2.40. The number of aromatic nitrogens is 3. The minimum Gasteiger partial charge on any atom is -0.464 e. The van der Waals surface area contributed by atoms with Crippen molar-refractivity contribution in [1.82, 2.24) is 14.6 Å². The molecule has 0 atom stereocenters. The molecule has 0 aliphatic heterocycles. The average molecular weight is 259 g/mol. The maximum absolute atomic E-state index is 11.7. The summed E-state index contributed by atoms with van der Waals surface area (Å²) in [5.74, 6) is -0.427. The Balaban J connectivity index is 2.26. The second kappa shape index (κ2) is 4.23. The Labute approximate surface area is 107 Å². The van der Waals surface area contributed by atoms with Crippen LogP contribution in [0.15, 0.2) is 35.8 Å². The zero-order valence-corrected chi connectivity index (χ0v) is 10.3. The Morgan fingerprint density at radius 3 is 3.06 bits per heavy atom. The summed E-state index contributed by atoms with van der Waals surface area (Å²) in [6.45, 7) is 0. The number of thiophene rings is 1. The van der Waals surface area contributed by atoms with E-state index in [2.05, 4.69) is 10.1 Å². The van der Waals surface area contributed by atoms with Crippen LogP contribution < -0.4 is 0 Å². The molecule has 0 fully saturated rings. The fraction of sp³-hybridized carbons (Fsp3) is 0.0833. The maximum atomic E-state index is 11.7. The van der Waals surface area contributed by atoms with Crippen molar-refractivity contribution in [2.45, 2.75) is 0 Å². The molecular formula is C12H9N3O2S. The largest absolute Gasteiger partial charge is 0.464 e. The second-order valence-electron chi connectivity index (χ2n) is 3.60. The molecule has 0 bridgehead atoms. The number of methoxy groups -OCH3 is 1. The van der Waals surface area contributed by atoms with E-state index < -0.39 is 5.97 Å². The van der Waals surface area contributed by atoms with Crippen LogP contribution in [0.1, 0.15) is 10.5 Å². The summed E-state index contributed by atoms with van der Waals surface area (Å²) in [5, 5.41) is 6.03. The molecule has 0 radical (unpaired) electrons. The molecule has 0 aliphatic carbocycles. The molecule has 5 nitrogen and oxygen atoms in total. The average Bonchev–Trinajstić information content (AvgIpc) is 3.06. The Bertz CT molecular complexity index is 703. The Hall–Kier alpha value is -2.21. The summed E-state index contributed by atoms with van der Waals surface area (Å²) >= 11 is 1.57. The van der Waals surface area contributed by atoms with Gasteiger partial charge in [0.15, 0.2) is 11.3 Å². The minimum absolute atomic E-state index is 0.371. The van der Waals surface area contributed by atoms with Crippen molar-refractivity contribution in [3.8, 4) is 10.6 Å². The molecule has 18 heavy (non-hydrogen) atoms. The minimum atomic E-state index is -0.427. The van der Waals surface area contributed by atoms with Crippen molar-refractivity contribution in [2.24, 2.45) is 0 Å². The molecule has 3 heterocycles. The van der Waals surface area contributed by atoms with E-state index >= 15 is 0 Å². The number of rotatable bonds is 2. The quantitative estimate of drug-likeness (QED) is 0.662. The van der Waals surface area contributed by atoms with Crippen LogP contribution in [0.2, 0.25) is 0 Å². The van der Waals surface area contributed by atoms with Gasteiger partial charge in [-0.25, -0.2) is 14.3 Å². The number of fused-ring (bicyclic) bond motifs is 1. The standard InChI is InChI=1S/C12H9N3O2S/c1-17-12(16)9-7-8(10-3-2-6-18-10)14-11-4-5-13-15(9)11/h2-7H,1H3. The van der Waals surface area contributed by atoms with Crippen LogP contribution in [-0.4, -0.2) is 27.7 Å². The lowest BCUT2D eigenvalue weighted by molar-refractivity contribution is 0.0590. The molecule has 0 spiro atoms. The van der Waals surface area contributed by atoms with Crippen LogP contribution in [0.4, 0.5) is 0 Å². The maximum Gasteiger partial charge on any atom is 0.356 e. The van der Waals surface area contributed by atoms with Crippen LogP contribution in [0.25, 0.3) is 16.2 Å². The van der Waals surface area contributed by atoms with Crippen molar-refractivity contribution < 1.29 is 9.53 Å². The van der Waals surface area contributed by atoms with Crippen LogP contribution in [0.3, 0.4) is 0 Å². The third kappa shape index (κ3) is 1.67. The van der Waals surface area contributed by atoms with Crippen molar-refractivity contribution in [2.75, 3.05) is 7.11 Å². The Morgan fingerprint density at radius 2 is 2.33 bits per heavy atom. The van der Waals surface area contributed by atoms with Gasteiger partial charge in [-0.2, -0.15) is 5.10 Å². The SMILES string of the molecule is COC(=O)c1cc(-c2cccs2)nc2ccnn12. The smallest absolute Gasteiger partial charge is 0.356 e. The molecule has 0 unspecified atom stereocenters. The summed E-state index contributed by atoms with van der Waals surface area (Å²) in [6.07, 6.45) is 1.60. The molecule has 90 valence electrons. The second-order valence-corrected chi connectivity index (χ2v) is 4.54. The van der Waals surface area contributed by atoms with E-state index in [0.29, 0.717) is 11.3 Å². The van der Waals surface area contributed by atoms with Crippen molar-refractivity contribution in [1.29, 1.82) is 0 Å². The topological polar surface area (TPSA) is 56.5 Å². The van der Waals surface area contributed by atoms with Crippen molar-refractivity contribution >= 4 is 23.0 Å². The van der Waals surface area contributed by atoms with Crippen LogP contribution in [0, 0.1) is 0 Å². The van der Waals surface area contributed by atoms with Crippen LogP contribution >= 0.6 is 11.3 Å². The van der Waals surface area contributed by atoms with E-state index in [1.165, 1.54) is 11.6 Å². The van der Waals surface area contributed by atoms with Crippen LogP contribution in [-0.2, 0) is 4.74 Å². The summed E-state index contributed by atoms with van der Waals surface area (Å²) in [7, 11) is 1.35. The van der Waals surface area contributed by atoms with E-state index in [0.717, 1.165) is 10.6 Å². The monoisotopic (exact) mass is 259 g/mol. The predicted molar refractivity (Wildman–Crippen MR) is 67.6 cm³/mol. The highest BCUT2D eigenvalue weighted by atomic mass is 32.1. The number of carbonyl (C=O) groups is 1. The third-order valence-corrected chi connectivity index (χ3v) is 3.42. The third-order valence-electron chi connectivity index (χ3n) is 2.53. The number of hydrogen-bond acceptors (Lipinski definition) is 5. The number of esters is 1. The van der Waals surface area contributed by atoms with Gasteiger partial charge in [0.1, 0.15) is 0 Å². The molecule has 0 saturated carbocycles. The molecule has 0 aliphatic rings. The van der Waals surface area contributed by atoms with E-state index in [-0.39, 0.29) is 0 Å². The van der Waals surface area contributed by atoms with Gasteiger partial charge in [-0.15, -0.1) is 11.3 Å². The van der Waals surface area contributed by atoms with Gasteiger partial charge in [0.2, 0.25) is 0 Å². The summed E-state index contributed by atoms with van der Waals surface area (Å²) < 4.78 is 6.24. The summed E-state index contributed by atoms with van der Waals surface area (Å²) in [6, 6.07) is 7.35. The van der Waals surface area contributed by atoms with E-state index in [1.807, 2.05) is 17.5 Å². The molecule has 0 amide bonds. The molecule has 3 aromatic rings. The van der Waals surface area contributed by atoms with E-state index in [1.54, 1.807) is 29.7 Å². The first-order valence-corrected chi connectivity index (χ1v) is 6.14. The lowest BCUT2D eigenvalue weighted by atomic mass is 10.3. The van der Waals surface area contributed by atoms with Gasteiger partial charge in [-0.05, 0) is 17.5 Å². The van der Waals surface area contributed by atoms with Gasteiger partial charge in [0.25, 0.3) is 0 Å². The van der Waals surface area contributed by atoms with Gasteiger partial charge >= 0.3 is 5.97 Å². The Morgan fingerprint density at radius 1 is 1.44 bits per heavy atom. The number of nitrogens with zero attached hydrogens (tertiary/aromatic N) is 3. The lowest BCUT2D eigenvalue weighted by Crippen LogP contribution is -2.10. The van der Waals surface area contributed by atoms with Crippen molar-refractivity contribution in [3.05, 3.63) is 41.5 Å². The van der Waals surface area contributed by atoms with Gasteiger partial charge < -0.3 is 4.74 Å². The predicted octanol–water partition coefficient (Wildman–Crippen LogP) is 2.24. The molecule has 0 saturated heterocycles. The summed E-state index contributed by atoms with van der Waals surface area (Å²) in [5.41, 5.74) is 1.75. The summed E-state index contributed by atoms with van der Waals surface area (Å²) in [4.78, 5) is 17.2. The van der Waals surface area contributed by atoms with Crippen LogP contribution in [0.5, 0.6) is 0 Å². The van der Waals surface area contributed by atoms with Gasteiger partial charge in [-0.3, -0.25) is 0 Å². The highest BCUT2D eigenvalue weighted by Gasteiger charge is 2.15. The first kappa shape index (κ1) is 10.9. The molecule has 3 aromatic heterocycles. The number of ether oxygens (including phenoxy) is 1. The van der Waals surface area contributed by atoms with E-state index in [4.69, 9.17) is 4.74 Å². The Kier molecular flexibility index (Phi) is 2.56. The zero-order chi connectivity index (χ0) is 12.5. The van der Waals surface area contributed by atoms with Gasteiger partial charge in [0, 0.05) is 6.07 Å². The number of hydrogen-bond donors (Lipinski definition) is 0. The van der Waals surface area contributed by atoms with E-state index in [9.17, 15) is 4.79 Å². The highest BCUT2D eigenvalue weighted by Crippen LogP contribution is 2.24. The highest BCUT2D eigenvalue weighted by molar-refractivity contribution is 7.13. The molecule has 0 aromatic carbocycles. The molecular weight excluding hydrogens is 250 g/mol. The fourth-order valence-electron chi connectivity index (χ4n) is 1.71. The van der Waals surface area contributed by atoms with Gasteiger partial charge in [-0.1, -0.05) is 6.07 Å². The van der Waals surface area contributed by atoms with Gasteiger partial charge in [0.05, 0.1) is 23.9 Å². The first-order valence-electron chi connectivity index (χ1n) is 5.26. The van der Waals surface area contributed by atoms with Crippen molar-refractivity contribution in [3.63, 3.8) is 0 Å².